The van der Waals surface area contributed by atoms with Gasteiger partial charge in [-0.2, -0.15) is 10.2 Å². The van der Waals surface area contributed by atoms with Gasteiger partial charge < -0.3 is 5.11 Å². The van der Waals surface area contributed by atoms with E-state index in [4.69, 9.17) is 0 Å². The molecular weight excluding hydrogens is 328 g/mol. The van der Waals surface area contributed by atoms with Crippen molar-refractivity contribution < 1.29 is 9.90 Å². The number of H-pyrrole nitrogens is 1. The van der Waals surface area contributed by atoms with E-state index in [9.17, 15) is 9.90 Å². The molecule has 1 aliphatic carbocycles. The molecular formula is C20H26N4O2. The Kier molecular flexibility index (Phi) is 4.85. The van der Waals surface area contributed by atoms with Gasteiger partial charge in [0.25, 0.3) is 5.91 Å². The number of nitrogens with zero attached hydrogens (tertiary/aromatic N) is 2. The number of rotatable bonds is 3. The van der Waals surface area contributed by atoms with Gasteiger partial charge in [0.1, 0.15) is 5.75 Å². The van der Waals surface area contributed by atoms with Crippen molar-refractivity contribution in [1.29, 1.82) is 0 Å². The van der Waals surface area contributed by atoms with Crippen molar-refractivity contribution >= 4 is 11.6 Å². The van der Waals surface area contributed by atoms with Gasteiger partial charge in [0.05, 0.1) is 5.71 Å². The van der Waals surface area contributed by atoms with Crippen LogP contribution in [0.3, 0.4) is 0 Å². The minimum atomic E-state index is -0.327. The fourth-order valence-electron chi connectivity index (χ4n) is 3.45. The molecule has 1 unspecified atom stereocenters. The average Bonchev–Trinajstić information content (AvgIpc) is 3.02. The van der Waals surface area contributed by atoms with Crippen LogP contribution in [0.4, 0.5) is 0 Å². The maximum absolute atomic E-state index is 12.6. The van der Waals surface area contributed by atoms with Crippen LogP contribution >= 0.6 is 0 Å². The van der Waals surface area contributed by atoms with E-state index in [1.807, 2.05) is 6.07 Å². The summed E-state index contributed by atoms with van der Waals surface area (Å²) >= 11 is 0. The number of hydrogen-bond donors (Lipinski definition) is 3. The molecule has 1 aromatic heterocycles. The predicted molar refractivity (Wildman–Crippen MR) is 101 cm³/mol. The summed E-state index contributed by atoms with van der Waals surface area (Å²) < 4.78 is 0. The Labute approximate surface area is 153 Å². The summed E-state index contributed by atoms with van der Waals surface area (Å²) in [7, 11) is 0. The fraction of sp³-hybridized carbons (Fsp3) is 0.450. The summed E-state index contributed by atoms with van der Waals surface area (Å²) in [5.74, 6) is 0.325. The average molecular weight is 354 g/mol. The third-order valence-electron chi connectivity index (χ3n) is 5.20. The Hall–Kier alpha value is -2.63. The van der Waals surface area contributed by atoms with E-state index < -0.39 is 0 Å². The lowest BCUT2D eigenvalue weighted by atomic mass is 9.71. The molecule has 6 nitrogen and oxygen atoms in total. The monoisotopic (exact) mass is 354 g/mol. The van der Waals surface area contributed by atoms with Crippen LogP contribution in [-0.2, 0) is 12.8 Å². The topological polar surface area (TPSA) is 90.4 Å². The van der Waals surface area contributed by atoms with Gasteiger partial charge in [-0.15, -0.1) is 0 Å². The molecule has 6 heteroatoms. The third kappa shape index (κ3) is 3.64. The number of aryl methyl sites for hydroxylation is 1. The molecule has 2 aromatic rings. The highest BCUT2D eigenvalue weighted by atomic mass is 16.3. The maximum Gasteiger partial charge on any atom is 0.292 e. The van der Waals surface area contributed by atoms with E-state index in [0.717, 1.165) is 30.5 Å². The first-order valence-electron chi connectivity index (χ1n) is 8.96. The molecule has 3 rings (SSSR count). The lowest BCUT2D eigenvalue weighted by Crippen LogP contribution is -2.28. The highest BCUT2D eigenvalue weighted by Gasteiger charge is 2.32. The van der Waals surface area contributed by atoms with Gasteiger partial charge in [-0.25, -0.2) is 5.43 Å². The van der Waals surface area contributed by atoms with Crippen molar-refractivity contribution in [2.24, 2.45) is 16.4 Å². The van der Waals surface area contributed by atoms with E-state index >= 15 is 0 Å². The van der Waals surface area contributed by atoms with E-state index in [-0.39, 0.29) is 17.1 Å². The molecule has 1 amide bonds. The van der Waals surface area contributed by atoms with Crippen molar-refractivity contribution in [3.8, 4) is 5.75 Å². The number of phenols is 1. The largest absolute Gasteiger partial charge is 0.507 e. The second-order valence-corrected chi connectivity index (χ2v) is 7.99. The number of hydrogen-bond acceptors (Lipinski definition) is 4. The summed E-state index contributed by atoms with van der Waals surface area (Å²) in [6.07, 6.45) is 2.86. The standard InChI is InChI=1S/C20H26N4O2/c1-12(14-7-5-6-8-17(14)25)21-24-19(26)18-15-11-13(20(2,3)4)9-10-16(15)22-23-18/h5-8,13,25H,9-11H2,1-4H3,(H,22,23)(H,24,26). The Balaban J connectivity index is 1.77. The summed E-state index contributed by atoms with van der Waals surface area (Å²) in [6, 6.07) is 6.90. The van der Waals surface area contributed by atoms with Crippen LogP contribution in [0.25, 0.3) is 0 Å². The lowest BCUT2D eigenvalue weighted by Gasteiger charge is -2.33. The number of fused-ring (bicyclic) bond motifs is 1. The number of amides is 1. The number of aromatic nitrogens is 2. The second-order valence-electron chi connectivity index (χ2n) is 7.99. The molecule has 1 aromatic carbocycles. The Bertz CT molecular complexity index is 846. The number of carbonyl (C=O) groups is 1. The van der Waals surface area contributed by atoms with Crippen molar-refractivity contribution in [3.63, 3.8) is 0 Å². The third-order valence-corrected chi connectivity index (χ3v) is 5.20. The van der Waals surface area contributed by atoms with Gasteiger partial charge >= 0.3 is 0 Å². The smallest absolute Gasteiger partial charge is 0.292 e. The van der Waals surface area contributed by atoms with Crippen LogP contribution in [0.2, 0.25) is 0 Å². The molecule has 0 aliphatic heterocycles. The van der Waals surface area contributed by atoms with E-state index in [1.54, 1.807) is 25.1 Å². The second kappa shape index (κ2) is 6.94. The van der Waals surface area contributed by atoms with Gasteiger partial charge in [0.15, 0.2) is 5.69 Å². The predicted octanol–water partition coefficient (Wildman–Crippen LogP) is 3.42. The normalized spacial score (nSPS) is 17.7. The molecule has 0 radical (unpaired) electrons. The summed E-state index contributed by atoms with van der Waals surface area (Å²) in [5.41, 5.74) is 6.37. The molecule has 0 spiro atoms. The quantitative estimate of drug-likeness (QED) is 0.583. The van der Waals surface area contributed by atoms with E-state index in [0.29, 0.717) is 22.9 Å². The zero-order chi connectivity index (χ0) is 18.9. The van der Waals surface area contributed by atoms with E-state index in [2.05, 4.69) is 41.5 Å². The molecule has 26 heavy (non-hydrogen) atoms. The summed E-state index contributed by atoms with van der Waals surface area (Å²) in [4.78, 5) is 12.6. The highest BCUT2D eigenvalue weighted by Crippen LogP contribution is 2.37. The number of aromatic hydroxyl groups is 1. The van der Waals surface area contributed by atoms with Crippen molar-refractivity contribution in [1.82, 2.24) is 15.6 Å². The molecule has 1 atom stereocenters. The number of phenolic OH excluding ortho intramolecular Hbond substituents is 1. The van der Waals surface area contributed by atoms with Crippen LogP contribution < -0.4 is 5.43 Å². The molecule has 138 valence electrons. The number of nitrogens with one attached hydrogen (secondary N) is 2. The highest BCUT2D eigenvalue weighted by molar-refractivity contribution is 6.02. The van der Waals surface area contributed by atoms with Gasteiger partial charge in [-0.1, -0.05) is 32.9 Å². The Morgan fingerprint density at radius 3 is 2.77 bits per heavy atom. The van der Waals surface area contributed by atoms with Gasteiger partial charge in [-0.05, 0) is 49.7 Å². The first-order chi connectivity index (χ1) is 12.3. The van der Waals surface area contributed by atoms with Crippen molar-refractivity contribution in [2.45, 2.75) is 47.0 Å². The molecule has 0 saturated heterocycles. The van der Waals surface area contributed by atoms with Crippen LogP contribution in [-0.4, -0.2) is 26.9 Å². The molecule has 3 N–H and O–H groups in total. The van der Waals surface area contributed by atoms with Crippen LogP contribution in [0, 0.1) is 11.3 Å². The molecule has 1 aliphatic rings. The Morgan fingerprint density at radius 1 is 1.35 bits per heavy atom. The number of carbonyl (C=O) groups excluding carboxylic acids is 1. The van der Waals surface area contributed by atoms with Gasteiger partial charge in [0, 0.05) is 16.8 Å². The molecule has 0 saturated carbocycles. The number of aromatic amines is 1. The summed E-state index contributed by atoms with van der Waals surface area (Å²) in [6.45, 7) is 8.46. The van der Waals surface area contributed by atoms with Crippen LogP contribution in [0.15, 0.2) is 29.4 Å². The molecule has 0 bridgehead atoms. The summed E-state index contributed by atoms with van der Waals surface area (Å²) in [5, 5.41) is 21.2. The lowest BCUT2D eigenvalue weighted by molar-refractivity contribution is 0.0947. The number of benzene rings is 1. The molecule has 1 heterocycles. The first-order valence-corrected chi connectivity index (χ1v) is 8.96. The number of hydrazone groups is 1. The minimum Gasteiger partial charge on any atom is -0.507 e. The fourth-order valence-corrected chi connectivity index (χ4v) is 3.45. The van der Waals surface area contributed by atoms with Crippen molar-refractivity contribution in [2.75, 3.05) is 0 Å². The van der Waals surface area contributed by atoms with Crippen LogP contribution in [0.1, 0.15) is 61.4 Å². The zero-order valence-corrected chi connectivity index (χ0v) is 15.8. The van der Waals surface area contributed by atoms with Gasteiger partial charge in [-0.3, -0.25) is 9.89 Å². The maximum atomic E-state index is 12.6. The minimum absolute atomic E-state index is 0.133. The van der Waals surface area contributed by atoms with Crippen molar-refractivity contribution in [3.05, 3.63) is 46.8 Å². The number of para-hydroxylation sites is 1. The zero-order valence-electron chi connectivity index (χ0n) is 15.8. The SMILES string of the molecule is CC(=NNC(=O)c1n[nH]c2c1CC(C(C)(C)C)CC2)c1ccccc1O. The molecule has 0 fully saturated rings. The van der Waals surface area contributed by atoms with E-state index in [1.165, 1.54) is 0 Å². The first kappa shape index (κ1) is 18.2. The Morgan fingerprint density at radius 2 is 2.08 bits per heavy atom. The van der Waals surface area contributed by atoms with Gasteiger partial charge in [0.2, 0.25) is 0 Å². The van der Waals surface area contributed by atoms with Crippen LogP contribution in [0.5, 0.6) is 5.75 Å².